The number of likely N-dealkylation sites (tertiary alicyclic amines) is 1. The number of nitrogens with zero attached hydrogens (tertiary/aromatic N) is 2. The number of carbonyl (C=O) groups excluding carboxylic acids is 1. The van der Waals surface area contributed by atoms with Crippen molar-refractivity contribution in [2.24, 2.45) is 5.92 Å². The number of carbonyl (C=O) groups is 1. The van der Waals surface area contributed by atoms with Crippen LogP contribution in [0.25, 0.3) is 11.1 Å². The molecule has 23 heavy (non-hydrogen) atoms. The Morgan fingerprint density at radius 1 is 1.22 bits per heavy atom. The van der Waals surface area contributed by atoms with E-state index in [-0.39, 0.29) is 5.91 Å². The first-order chi connectivity index (χ1) is 11.1. The summed E-state index contributed by atoms with van der Waals surface area (Å²) in [6, 6.07) is 10.5. The molecule has 3 heteroatoms. The number of aryl methyl sites for hydroxylation is 2. The van der Waals surface area contributed by atoms with Crippen molar-refractivity contribution in [1.82, 2.24) is 9.47 Å². The van der Waals surface area contributed by atoms with Gasteiger partial charge in [0, 0.05) is 31.4 Å². The second-order valence-corrected chi connectivity index (χ2v) is 6.76. The Balaban J connectivity index is 1.89. The standard InChI is InChI=1S/C20H26N2O/c1-4-21-14-18(17-9-7-15(2)8-10-17)12-19(21)20(23)22-11-5-6-16(3)13-22/h7-10,12,14,16H,4-6,11,13H2,1-3H3/t16-/m0/s1. The lowest BCUT2D eigenvalue weighted by molar-refractivity contribution is 0.0672. The molecule has 1 aromatic carbocycles. The summed E-state index contributed by atoms with van der Waals surface area (Å²) in [4.78, 5) is 15.0. The van der Waals surface area contributed by atoms with Gasteiger partial charge in [0.2, 0.25) is 0 Å². The molecule has 2 aromatic rings. The molecule has 2 heterocycles. The molecular formula is C20H26N2O. The summed E-state index contributed by atoms with van der Waals surface area (Å²) < 4.78 is 2.08. The monoisotopic (exact) mass is 310 g/mol. The zero-order valence-electron chi connectivity index (χ0n) is 14.4. The van der Waals surface area contributed by atoms with Crippen molar-refractivity contribution in [2.45, 2.75) is 40.2 Å². The van der Waals surface area contributed by atoms with Gasteiger partial charge in [0.05, 0.1) is 0 Å². The smallest absolute Gasteiger partial charge is 0.270 e. The van der Waals surface area contributed by atoms with Gasteiger partial charge in [0.15, 0.2) is 0 Å². The number of rotatable bonds is 3. The normalized spacial score (nSPS) is 18.2. The van der Waals surface area contributed by atoms with Gasteiger partial charge in [-0.1, -0.05) is 36.8 Å². The zero-order chi connectivity index (χ0) is 16.4. The van der Waals surface area contributed by atoms with E-state index in [0.717, 1.165) is 37.3 Å². The summed E-state index contributed by atoms with van der Waals surface area (Å²) in [5.41, 5.74) is 4.36. The molecule has 1 saturated heterocycles. The van der Waals surface area contributed by atoms with Crippen molar-refractivity contribution in [3.8, 4) is 11.1 Å². The largest absolute Gasteiger partial charge is 0.343 e. The first-order valence-corrected chi connectivity index (χ1v) is 8.65. The fourth-order valence-electron chi connectivity index (χ4n) is 3.39. The maximum Gasteiger partial charge on any atom is 0.270 e. The summed E-state index contributed by atoms with van der Waals surface area (Å²) >= 11 is 0. The quantitative estimate of drug-likeness (QED) is 0.827. The molecule has 0 bridgehead atoms. The van der Waals surface area contributed by atoms with Gasteiger partial charge in [0.1, 0.15) is 5.69 Å². The van der Waals surface area contributed by atoms with E-state index in [1.165, 1.54) is 17.5 Å². The molecule has 1 aromatic heterocycles. The van der Waals surface area contributed by atoms with Gasteiger partial charge >= 0.3 is 0 Å². The van der Waals surface area contributed by atoms with Crippen LogP contribution in [-0.4, -0.2) is 28.5 Å². The van der Waals surface area contributed by atoms with E-state index in [1.807, 2.05) is 4.90 Å². The van der Waals surface area contributed by atoms with Crippen LogP contribution in [0.5, 0.6) is 0 Å². The van der Waals surface area contributed by atoms with Gasteiger partial charge in [-0.05, 0) is 44.2 Å². The topological polar surface area (TPSA) is 25.2 Å². The fourth-order valence-corrected chi connectivity index (χ4v) is 3.39. The molecule has 122 valence electrons. The SMILES string of the molecule is CCn1cc(-c2ccc(C)cc2)cc1C(=O)N1CCC[C@H](C)C1. The maximum atomic E-state index is 12.9. The van der Waals surface area contributed by atoms with Crippen molar-refractivity contribution < 1.29 is 4.79 Å². The predicted octanol–water partition coefficient (Wildman–Crippen LogP) is 4.36. The van der Waals surface area contributed by atoms with Crippen molar-refractivity contribution in [1.29, 1.82) is 0 Å². The van der Waals surface area contributed by atoms with E-state index in [9.17, 15) is 4.79 Å². The lowest BCUT2D eigenvalue weighted by atomic mass is 10.00. The molecule has 0 N–H and O–H groups in total. The Morgan fingerprint density at radius 2 is 1.96 bits per heavy atom. The molecule has 3 nitrogen and oxygen atoms in total. The van der Waals surface area contributed by atoms with Gasteiger partial charge in [-0.25, -0.2) is 0 Å². The number of benzene rings is 1. The van der Waals surface area contributed by atoms with Crippen LogP contribution in [0.1, 0.15) is 42.7 Å². The highest BCUT2D eigenvalue weighted by molar-refractivity contribution is 5.94. The zero-order valence-corrected chi connectivity index (χ0v) is 14.4. The molecule has 3 rings (SSSR count). The van der Waals surface area contributed by atoms with Crippen LogP contribution >= 0.6 is 0 Å². The maximum absolute atomic E-state index is 12.9. The number of piperidine rings is 1. The second kappa shape index (κ2) is 6.61. The summed E-state index contributed by atoms with van der Waals surface area (Å²) in [6.45, 7) is 9.00. The Bertz CT molecular complexity index is 684. The van der Waals surface area contributed by atoms with Crippen molar-refractivity contribution >= 4 is 5.91 Å². The van der Waals surface area contributed by atoms with E-state index in [0.29, 0.717) is 5.92 Å². The predicted molar refractivity (Wildman–Crippen MR) is 94.6 cm³/mol. The summed E-state index contributed by atoms with van der Waals surface area (Å²) in [5, 5.41) is 0. The van der Waals surface area contributed by atoms with Crippen molar-refractivity contribution in [3.63, 3.8) is 0 Å². The molecule has 0 unspecified atom stereocenters. The highest BCUT2D eigenvalue weighted by Crippen LogP contribution is 2.25. The van der Waals surface area contributed by atoms with Crippen molar-refractivity contribution in [3.05, 3.63) is 47.8 Å². The summed E-state index contributed by atoms with van der Waals surface area (Å²) in [6.07, 6.45) is 4.45. The summed E-state index contributed by atoms with van der Waals surface area (Å²) in [7, 11) is 0. The third-order valence-electron chi connectivity index (χ3n) is 4.79. The molecule has 1 aliphatic heterocycles. The first-order valence-electron chi connectivity index (χ1n) is 8.65. The lowest BCUT2D eigenvalue weighted by Gasteiger charge is -2.31. The highest BCUT2D eigenvalue weighted by atomic mass is 16.2. The number of amides is 1. The number of hydrogen-bond donors (Lipinski definition) is 0. The molecule has 0 aliphatic carbocycles. The van der Waals surface area contributed by atoms with Crippen LogP contribution in [0.15, 0.2) is 36.5 Å². The molecule has 1 fully saturated rings. The number of aromatic nitrogens is 1. The highest BCUT2D eigenvalue weighted by Gasteiger charge is 2.24. The molecule has 1 atom stereocenters. The van der Waals surface area contributed by atoms with Gasteiger partial charge in [-0.2, -0.15) is 0 Å². The van der Waals surface area contributed by atoms with Crippen molar-refractivity contribution in [2.75, 3.05) is 13.1 Å². The molecule has 0 spiro atoms. The third-order valence-corrected chi connectivity index (χ3v) is 4.79. The van der Waals surface area contributed by atoms with Gasteiger partial charge in [-0.15, -0.1) is 0 Å². The van der Waals surface area contributed by atoms with Gasteiger partial charge < -0.3 is 9.47 Å². The molecule has 0 saturated carbocycles. The molecule has 1 aliphatic rings. The minimum Gasteiger partial charge on any atom is -0.343 e. The van der Waals surface area contributed by atoms with Crippen LogP contribution in [0.2, 0.25) is 0 Å². The van der Waals surface area contributed by atoms with E-state index in [4.69, 9.17) is 0 Å². The second-order valence-electron chi connectivity index (χ2n) is 6.76. The Hall–Kier alpha value is -2.03. The van der Waals surface area contributed by atoms with E-state index < -0.39 is 0 Å². The Labute approximate surface area is 138 Å². The Morgan fingerprint density at radius 3 is 2.61 bits per heavy atom. The molecular weight excluding hydrogens is 284 g/mol. The van der Waals surface area contributed by atoms with Crippen LogP contribution < -0.4 is 0 Å². The third kappa shape index (κ3) is 3.34. The molecule has 0 radical (unpaired) electrons. The van der Waals surface area contributed by atoms with Gasteiger partial charge in [-0.3, -0.25) is 4.79 Å². The molecule has 1 amide bonds. The van der Waals surface area contributed by atoms with Crippen LogP contribution in [0.3, 0.4) is 0 Å². The lowest BCUT2D eigenvalue weighted by Crippen LogP contribution is -2.39. The first kappa shape index (κ1) is 15.9. The average molecular weight is 310 g/mol. The van der Waals surface area contributed by atoms with E-state index >= 15 is 0 Å². The Kier molecular flexibility index (Phi) is 4.56. The summed E-state index contributed by atoms with van der Waals surface area (Å²) in [5.74, 6) is 0.783. The van der Waals surface area contributed by atoms with Gasteiger partial charge in [0.25, 0.3) is 5.91 Å². The van der Waals surface area contributed by atoms with Crippen LogP contribution in [0, 0.1) is 12.8 Å². The van der Waals surface area contributed by atoms with Crippen LogP contribution in [-0.2, 0) is 6.54 Å². The van der Waals surface area contributed by atoms with E-state index in [1.54, 1.807) is 0 Å². The fraction of sp³-hybridized carbons (Fsp3) is 0.450. The minimum atomic E-state index is 0.178. The minimum absolute atomic E-state index is 0.178. The number of hydrogen-bond acceptors (Lipinski definition) is 1. The van der Waals surface area contributed by atoms with Crippen LogP contribution in [0.4, 0.5) is 0 Å². The van der Waals surface area contributed by atoms with E-state index in [2.05, 4.69) is 61.9 Å². The average Bonchev–Trinajstić information content (AvgIpc) is 2.99.